The zero-order valence-corrected chi connectivity index (χ0v) is 10.4. The number of phenolic OH excluding ortho intramolecular Hbond substituents is 1. The highest BCUT2D eigenvalue weighted by molar-refractivity contribution is 6.37. The van der Waals surface area contributed by atoms with Crippen LogP contribution in [0.15, 0.2) is 12.1 Å². The molecule has 88 valence electrons. The van der Waals surface area contributed by atoms with Crippen LogP contribution in [-0.4, -0.2) is 17.2 Å². The first-order valence-corrected chi connectivity index (χ1v) is 5.41. The van der Waals surface area contributed by atoms with E-state index in [2.05, 4.69) is 10.6 Å². The van der Waals surface area contributed by atoms with E-state index < -0.39 is 0 Å². The van der Waals surface area contributed by atoms with Gasteiger partial charge in [0.1, 0.15) is 0 Å². The Morgan fingerprint density at radius 1 is 1.31 bits per heavy atom. The fourth-order valence-corrected chi connectivity index (χ4v) is 1.55. The largest absolute Gasteiger partial charge is 0.505 e. The minimum absolute atomic E-state index is 0.0306. The van der Waals surface area contributed by atoms with Crippen molar-refractivity contribution < 1.29 is 9.90 Å². The van der Waals surface area contributed by atoms with Gasteiger partial charge in [0.2, 0.25) is 0 Å². The molecule has 3 N–H and O–H groups in total. The molecule has 4 nitrogen and oxygen atoms in total. The first-order chi connectivity index (χ1) is 7.40. The van der Waals surface area contributed by atoms with Gasteiger partial charge in [-0.3, -0.25) is 0 Å². The zero-order valence-electron chi connectivity index (χ0n) is 8.84. The molecule has 0 saturated heterocycles. The predicted octanol–water partition coefficient (Wildman–Crippen LogP) is 3.23. The van der Waals surface area contributed by atoms with Crippen LogP contribution in [0.2, 0.25) is 10.0 Å². The van der Waals surface area contributed by atoms with Crippen molar-refractivity contribution in [2.45, 2.75) is 19.9 Å². The molecular weight excluding hydrogens is 251 g/mol. The number of amides is 2. The number of carbonyl (C=O) groups excluding carboxylic acids is 1. The van der Waals surface area contributed by atoms with Crippen LogP contribution in [0, 0.1) is 0 Å². The smallest absolute Gasteiger partial charge is 0.319 e. The molecular formula is C10H12Cl2N2O2. The molecule has 0 fully saturated rings. The number of nitrogens with one attached hydrogen (secondary N) is 2. The molecule has 0 aliphatic carbocycles. The maximum Gasteiger partial charge on any atom is 0.319 e. The van der Waals surface area contributed by atoms with E-state index in [1.807, 2.05) is 13.8 Å². The standard InChI is InChI=1S/C10H12Cl2N2O2/c1-5(2)13-10(16)14-6-3-7(11)9(15)8(12)4-6/h3-5,15H,1-2H3,(H2,13,14,16). The molecule has 0 aliphatic rings. The molecule has 2 amide bonds. The maximum atomic E-state index is 11.4. The first kappa shape index (κ1) is 12.9. The van der Waals surface area contributed by atoms with Crippen LogP contribution < -0.4 is 10.6 Å². The van der Waals surface area contributed by atoms with Gasteiger partial charge in [-0.1, -0.05) is 23.2 Å². The molecule has 0 saturated carbocycles. The van der Waals surface area contributed by atoms with Crippen molar-refractivity contribution in [3.63, 3.8) is 0 Å². The van der Waals surface area contributed by atoms with Crippen molar-refractivity contribution >= 4 is 34.9 Å². The van der Waals surface area contributed by atoms with Gasteiger partial charge in [0, 0.05) is 11.7 Å². The summed E-state index contributed by atoms with van der Waals surface area (Å²) in [6.45, 7) is 3.69. The lowest BCUT2D eigenvalue weighted by Crippen LogP contribution is -2.34. The number of hydrogen-bond donors (Lipinski definition) is 3. The topological polar surface area (TPSA) is 61.4 Å². The van der Waals surface area contributed by atoms with Gasteiger partial charge in [-0.25, -0.2) is 4.79 Å². The summed E-state index contributed by atoms with van der Waals surface area (Å²) in [5.74, 6) is -0.196. The van der Waals surface area contributed by atoms with Gasteiger partial charge in [-0.2, -0.15) is 0 Å². The van der Waals surface area contributed by atoms with Gasteiger partial charge < -0.3 is 15.7 Å². The molecule has 0 spiro atoms. The summed E-state index contributed by atoms with van der Waals surface area (Å²) in [6, 6.07) is 2.52. The zero-order chi connectivity index (χ0) is 12.3. The number of carbonyl (C=O) groups is 1. The predicted molar refractivity (Wildman–Crippen MR) is 65.4 cm³/mol. The second-order valence-electron chi connectivity index (χ2n) is 3.54. The minimum Gasteiger partial charge on any atom is -0.505 e. The Kier molecular flexibility index (Phi) is 4.26. The highest BCUT2D eigenvalue weighted by Gasteiger charge is 2.09. The molecule has 0 radical (unpaired) electrons. The number of rotatable bonds is 2. The summed E-state index contributed by atoms with van der Waals surface area (Å²) in [5, 5.41) is 14.7. The van der Waals surface area contributed by atoms with Gasteiger partial charge in [-0.15, -0.1) is 0 Å². The maximum absolute atomic E-state index is 11.4. The molecule has 0 heterocycles. The summed E-state index contributed by atoms with van der Waals surface area (Å²) in [4.78, 5) is 11.4. The van der Waals surface area contributed by atoms with Crippen LogP contribution in [0.4, 0.5) is 10.5 Å². The third kappa shape index (κ3) is 3.47. The Morgan fingerprint density at radius 2 is 1.81 bits per heavy atom. The molecule has 1 aromatic carbocycles. The molecule has 0 bridgehead atoms. The fourth-order valence-electron chi connectivity index (χ4n) is 1.07. The Labute approximate surface area is 104 Å². The van der Waals surface area contributed by atoms with Crippen LogP contribution in [0.25, 0.3) is 0 Å². The lowest BCUT2D eigenvalue weighted by Gasteiger charge is -2.11. The van der Waals surface area contributed by atoms with Crippen molar-refractivity contribution in [3.8, 4) is 5.75 Å². The lowest BCUT2D eigenvalue weighted by atomic mass is 10.3. The van der Waals surface area contributed by atoms with E-state index in [9.17, 15) is 9.90 Å². The Bertz CT molecular complexity index is 385. The molecule has 1 rings (SSSR count). The summed E-state index contributed by atoms with van der Waals surface area (Å²) in [7, 11) is 0. The Hall–Kier alpha value is -1.13. The monoisotopic (exact) mass is 262 g/mol. The van der Waals surface area contributed by atoms with Crippen molar-refractivity contribution in [2.24, 2.45) is 0 Å². The van der Waals surface area contributed by atoms with Crippen molar-refractivity contribution in [1.29, 1.82) is 0 Å². The summed E-state index contributed by atoms with van der Waals surface area (Å²) < 4.78 is 0. The third-order valence-corrected chi connectivity index (χ3v) is 2.27. The highest BCUT2D eigenvalue weighted by Crippen LogP contribution is 2.34. The van der Waals surface area contributed by atoms with Crippen molar-refractivity contribution in [3.05, 3.63) is 22.2 Å². The van der Waals surface area contributed by atoms with E-state index in [1.165, 1.54) is 12.1 Å². The second-order valence-corrected chi connectivity index (χ2v) is 4.36. The van der Waals surface area contributed by atoms with E-state index in [0.717, 1.165) is 0 Å². The Balaban J connectivity index is 2.79. The third-order valence-electron chi connectivity index (χ3n) is 1.69. The van der Waals surface area contributed by atoms with Crippen molar-refractivity contribution in [2.75, 3.05) is 5.32 Å². The van der Waals surface area contributed by atoms with E-state index in [4.69, 9.17) is 23.2 Å². The van der Waals surface area contributed by atoms with Gasteiger partial charge in [-0.05, 0) is 26.0 Å². The van der Waals surface area contributed by atoms with Crippen LogP contribution >= 0.6 is 23.2 Å². The number of anilines is 1. The fraction of sp³-hybridized carbons (Fsp3) is 0.300. The van der Waals surface area contributed by atoms with E-state index in [1.54, 1.807) is 0 Å². The molecule has 0 aromatic heterocycles. The van der Waals surface area contributed by atoms with Crippen LogP contribution in [0.5, 0.6) is 5.75 Å². The van der Waals surface area contributed by atoms with Crippen molar-refractivity contribution in [1.82, 2.24) is 5.32 Å². The number of hydrogen-bond acceptors (Lipinski definition) is 2. The average molecular weight is 263 g/mol. The summed E-state index contributed by atoms with van der Waals surface area (Å²) in [6.07, 6.45) is 0. The van der Waals surface area contributed by atoms with E-state index in [0.29, 0.717) is 5.69 Å². The molecule has 0 unspecified atom stereocenters. The minimum atomic E-state index is -0.354. The average Bonchev–Trinajstić information content (AvgIpc) is 2.12. The summed E-state index contributed by atoms with van der Waals surface area (Å²) in [5.41, 5.74) is 0.422. The number of benzene rings is 1. The van der Waals surface area contributed by atoms with E-state index in [-0.39, 0.29) is 27.9 Å². The molecule has 6 heteroatoms. The first-order valence-electron chi connectivity index (χ1n) is 4.65. The molecule has 0 atom stereocenters. The SMILES string of the molecule is CC(C)NC(=O)Nc1cc(Cl)c(O)c(Cl)c1. The number of aromatic hydroxyl groups is 1. The normalized spacial score (nSPS) is 10.3. The number of urea groups is 1. The highest BCUT2D eigenvalue weighted by atomic mass is 35.5. The molecule has 16 heavy (non-hydrogen) atoms. The number of phenols is 1. The summed E-state index contributed by atoms with van der Waals surface area (Å²) >= 11 is 11.4. The van der Waals surface area contributed by atoms with Gasteiger partial charge >= 0.3 is 6.03 Å². The van der Waals surface area contributed by atoms with Gasteiger partial charge in [0.15, 0.2) is 5.75 Å². The lowest BCUT2D eigenvalue weighted by molar-refractivity contribution is 0.250. The second kappa shape index (κ2) is 5.27. The van der Waals surface area contributed by atoms with Crippen LogP contribution in [0.3, 0.4) is 0 Å². The number of halogens is 2. The van der Waals surface area contributed by atoms with Crippen LogP contribution in [-0.2, 0) is 0 Å². The Morgan fingerprint density at radius 3 is 2.25 bits per heavy atom. The van der Waals surface area contributed by atoms with Gasteiger partial charge in [0.25, 0.3) is 0 Å². The molecule has 1 aromatic rings. The van der Waals surface area contributed by atoms with E-state index >= 15 is 0 Å². The molecule has 0 aliphatic heterocycles. The van der Waals surface area contributed by atoms with Crippen LogP contribution in [0.1, 0.15) is 13.8 Å². The van der Waals surface area contributed by atoms with Gasteiger partial charge in [0.05, 0.1) is 10.0 Å². The quantitative estimate of drug-likeness (QED) is 0.717.